The van der Waals surface area contributed by atoms with Crippen LogP contribution in [0.2, 0.25) is 0 Å². The standard InChI is InChI=1S/C62H98O3P/c1-37(2)56(13,14)45-29-43-31-52(60(21,22)41(9)10)54(35-48(43)50(33-45)58(17,18)39(5)6)62(27-25-47(26-28-62)66(63,64)65)55-36-49-44(32-53(55)61(23,24)42(11)12)30-46(57(15,16)38(3)4)34-51(49)59(19,20)40(7)8/h29-42,47,63-65H,25-28H2,1-24H3/q+1. The van der Waals surface area contributed by atoms with E-state index in [9.17, 15) is 14.7 Å². The van der Waals surface area contributed by atoms with Crippen molar-refractivity contribution < 1.29 is 14.7 Å². The molecule has 3 N–H and O–H groups in total. The maximum Gasteiger partial charge on any atom is 0.406 e. The second-order valence-corrected chi connectivity index (χ2v) is 28.9. The van der Waals surface area contributed by atoms with E-state index in [-0.39, 0.29) is 32.5 Å². The minimum Gasteiger partial charge on any atom is -0.193 e. The van der Waals surface area contributed by atoms with Gasteiger partial charge in [0.15, 0.2) is 5.66 Å². The highest BCUT2D eigenvalue weighted by molar-refractivity contribution is 7.59. The van der Waals surface area contributed by atoms with Crippen LogP contribution in [0, 0.1) is 35.5 Å². The SMILES string of the molecule is CC(C)C(C)(C)c1cc(C(C)(C)C(C)C)c2cc(C3(c4cc5c(C(C)(C)C(C)C)cc(C(C)(C)C(C)C)cc5cc4C(C)(C)C(C)C)CCC([P+](O)(O)O)CC3)c(C(C)(C)C(C)C)cc2c1. The topological polar surface area (TPSA) is 60.7 Å². The summed E-state index contributed by atoms with van der Waals surface area (Å²) in [5, 5.41) is 5.29. The lowest BCUT2D eigenvalue weighted by atomic mass is 9.57. The average molecular weight is 922 g/mol. The van der Waals surface area contributed by atoms with Crippen molar-refractivity contribution in [1.29, 1.82) is 0 Å². The summed E-state index contributed by atoms with van der Waals surface area (Å²) in [5.41, 5.74) is 9.46. The molecule has 0 spiro atoms. The predicted octanol–water partition coefficient (Wildman–Crippen LogP) is 17.6. The summed E-state index contributed by atoms with van der Waals surface area (Å²) in [5.74, 6) is 2.42. The second kappa shape index (κ2) is 18.1. The minimum atomic E-state index is -4.07. The molecule has 4 heteroatoms. The van der Waals surface area contributed by atoms with Crippen LogP contribution in [0.3, 0.4) is 0 Å². The van der Waals surface area contributed by atoms with Gasteiger partial charge in [0.1, 0.15) is 0 Å². The first-order chi connectivity index (χ1) is 29.8. The molecule has 1 aliphatic carbocycles. The molecule has 4 aromatic carbocycles. The van der Waals surface area contributed by atoms with Crippen LogP contribution in [0.5, 0.6) is 0 Å². The van der Waals surface area contributed by atoms with Crippen molar-refractivity contribution in [3.8, 4) is 0 Å². The number of hydrogen-bond acceptors (Lipinski definition) is 3. The Hall–Kier alpha value is -2.29. The van der Waals surface area contributed by atoms with E-state index >= 15 is 0 Å². The van der Waals surface area contributed by atoms with Gasteiger partial charge in [-0.05, 0) is 172 Å². The Labute approximate surface area is 406 Å². The van der Waals surface area contributed by atoms with E-state index in [1.54, 1.807) is 0 Å². The lowest BCUT2D eigenvalue weighted by molar-refractivity contribution is 0.264. The molecule has 0 unspecified atom stereocenters. The maximum atomic E-state index is 11.0. The van der Waals surface area contributed by atoms with Crippen LogP contribution in [0.25, 0.3) is 21.5 Å². The van der Waals surface area contributed by atoms with Gasteiger partial charge in [0.25, 0.3) is 0 Å². The summed E-state index contributed by atoms with van der Waals surface area (Å²) in [6.45, 7) is 57.7. The Bertz CT molecular complexity index is 2230. The highest BCUT2D eigenvalue weighted by atomic mass is 31.2. The van der Waals surface area contributed by atoms with Crippen LogP contribution < -0.4 is 0 Å². The van der Waals surface area contributed by atoms with Crippen molar-refractivity contribution in [2.24, 2.45) is 35.5 Å². The molecule has 1 fully saturated rings. The lowest BCUT2D eigenvalue weighted by Crippen LogP contribution is -2.41. The first kappa shape index (κ1) is 54.6. The highest BCUT2D eigenvalue weighted by Gasteiger charge is 2.52. The number of benzene rings is 4. The maximum absolute atomic E-state index is 11.0. The van der Waals surface area contributed by atoms with Crippen LogP contribution in [-0.2, 0) is 37.9 Å². The Morgan fingerprint density at radius 1 is 0.394 bits per heavy atom. The Morgan fingerprint density at radius 2 is 0.667 bits per heavy atom. The van der Waals surface area contributed by atoms with Gasteiger partial charge >= 0.3 is 7.94 Å². The van der Waals surface area contributed by atoms with Gasteiger partial charge in [-0.25, -0.2) is 0 Å². The van der Waals surface area contributed by atoms with Crippen LogP contribution in [0.4, 0.5) is 0 Å². The first-order valence-electron chi connectivity index (χ1n) is 26.2. The fourth-order valence-electron chi connectivity index (χ4n) is 10.5. The predicted molar refractivity (Wildman–Crippen MR) is 292 cm³/mol. The van der Waals surface area contributed by atoms with Gasteiger partial charge < -0.3 is 0 Å². The molecule has 3 nitrogen and oxygen atoms in total. The Kier molecular flexibility index (Phi) is 15.0. The molecule has 0 aromatic heterocycles. The van der Waals surface area contributed by atoms with Crippen LogP contribution in [0.1, 0.15) is 236 Å². The van der Waals surface area contributed by atoms with Gasteiger partial charge in [0.05, 0.1) is 0 Å². The van der Waals surface area contributed by atoms with Crippen molar-refractivity contribution in [2.45, 2.75) is 235 Å². The molecule has 0 aliphatic heterocycles. The van der Waals surface area contributed by atoms with Gasteiger partial charge in [-0.15, -0.1) is 0 Å². The lowest BCUT2D eigenvalue weighted by Gasteiger charge is -2.48. The third-order valence-corrected chi connectivity index (χ3v) is 21.9. The molecular formula is C62H98O3P+. The number of fused-ring (bicyclic) bond motifs is 2. The molecule has 66 heavy (non-hydrogen) atoms. The molecular weight excluding hydrogens is 824 g/mol. The smallest absolute Gasteiger partial charge is 0.193 e. The zero-order valence-corrected chi connectivity index (χ0v) is 47.7. The monoisotopic (exact) mass is 922 g/mol. The number of rotatable bonds is 15. The third kappa shape index (κ3) is 9.38. The molecule has 368 valence electrons. The first-order valence-corrected chi connectivity index (χ1v) is 27.9. The zero-order valence-electron chi connectivity index (χ0n) is 46.8. The average Bonchev–Trinajstić information content (AvgIpc) is 3.20. The van der Waals surface area contributed by atoms with Gasteiger partial charge in [0.2, 0.25) is 0 Å². The fraction of sp³-hybridized carbons (Fsp3) is 0.677. The van der Waals surface area contributed by atoms with Gasteiger partial charge in [0, 0.05) is 5.41 Å². The van der Waals surface area contributed by atoms with Gasteiger partial charge in [-0.1, -0.05) is 203 Å². The van der Waals surface area contributed by atoms with E-state index in [0.717, 1.165) is 0 Å². The highest BCUT2D eigenvalue weighted by Crippen LogP contribution is 2.62. The summed E-state index contributed by atoms with van der Waals surface area (Å²) >= 11 is 0. The van der Waals surface area contributed by atoms with Crippen molar-refractivity contribution in [1.82, 2.24) is 0 Å². The Morgan fingerprint density at radius 3 is 0.924 bits per heavy atom. The summed E-state index contributed by atoms with van der Waals surface area (Å²) in [6, 6.07) is 20.6. The van der Waals surface area contributed by atoms with E-state index < -0.39 is 19.0 Å². The zero-order chi connectivity index (χ0) is 50.5. The van der Waals surface area contributed by atoms with E-state index in [2.05, 4.69) is 215 Å². The second-order valence-electron chi connectivity index (χ2n) is 27.0. The Balaban J connectivity index is 2.15. The van der Waals surface area contributed by atoms with Crippen molar-refractivity contribution in [3.05, 3.63) is 93.0 Å². The molecule has 0 bridgehead atoms. The summed E-state index contributed by atoms with van der Waals surface area (Å²) in [6.07, 6.45) is 2.49. The van der Waals surface area contributed by atoms with Crippen LogP contribution in [0.15, 0.2) is 48.5 Å². The molecule has 4 aromatic rings. The molecule has 1 aliphatic rings. The van der Waals surface area contributed by atoms with Gasteiger partial charge in [-0.3, -0.25) is 0 Å². The van der Waals surface area contributed by atoms with Crippen molar-refractivity contribution in [3.63, 3.8) is 0 Å². The van der Waals surface area contributed by atoms with E-state index in [1.165, 1.54) is 66.1 Å². The molecule has 0 radical (unpaired) electrons. The fourth-order valence-corrected chi connectivity index (χ4v) is 11.5. The van der Waals surface area contributed by atoms with Gasteiger partial charge in [-0.2, -0.15) is 14.7 Å². The van der Waals surface area contributed by atoms with Crippen molar-refractivity contribution >= 4 is 29.5 Å². The molecule has 1 saturated carbocycles. The molecule has 0 saturated heterocycles. The third-order valence-electron chi connectivity index (χ3n) is 20.4. The molecule has 0 atom stereocenters. The van der Waals surface area contributed by atoms with E-state index in [0.29, 0.717) is 61.2 Å². The molecule has 0 amide bonds. The minimum absolute atomic E-state index is 0.0232. The number of hydrogen-bond donors (Lipinski definition) is 3. The molecule has 0 heterocycles. The van der Waals surface area contributed by atoms with Crippen LogP contribution >= 0.6 is 7.94 Å². The van der Waals surface area contributed by atoms with E-state index in [1.807, 2.05) is 0 Å². The quantitative estimate of drug-likeness (QED) is 0.104. The van der Waals surface area contributed by atoms with Crippen LogP contribution in [-0.4, -0.2) is 20.3 Å². The van der Waals surface area contributed by atoms with Crippen molar-refractivity contribution in [2.75, 3.05) is 0 Å². The normalized spacial score (nSPS) is 16.7. The largest absolute Gasteiger partial charge is 0.406 e. The summed E-state index contributed by atoms with van der Waals surface area (Å²) < 4.78 is 0. The molecule has 5 rings (SSSR count). The summed E-state index contributed by atoms with van der Waals surface area (Å²) in [4.78, 5) is 33.0. The summed E-state index contributed by atoms with van der Waals surface area (Å²) in [7, 11) is -4.07. The van der Waals surface area contributed by atoms with E-state index in [4.69, 9.17) is 0 Å².